The van der Waals surface area contributed by atoms with Crippen LogP contribution in [0, 0.1) is 6.92 Å². The number of aryl methyl sites for hydroxylation is 1. The molecule has 108 valence electrons. The molecule has 21 heavy (non-hydrogen) atoms. The largest absolute Gasteiger partial charge is 0.325 e. The number of hydrogen-bond donors (Lipinski definition) is 1. The molecule has 0 bridgehead atoms. The van der Waals surface area contributed by atoms with E-state index in [9.17, 15) is 4.79 Å². The number of nitrogens with one attached hydrogen (secondary N) is 1. The fraction of sp³-hybridized carbons (Fsp3) is 0.278. The molecule has 0 saturated heterocycles. The maximum atomic E-state index is 12.6. The Kier molecular flexibility index (Phi) is 3.98. The fourth-order valence-electron chi connectivity index (χ4n) is 2.99. The second kappa shape index (κ2) is 5.90. The molecule has 2 nitrogen and oxygen atoms in total. The molecular formula is C18H18ClNO. The molecule has 0 aliphatic heterocycles. The number of benzene rings is 2. The van der Waals surface area contributed by atoms with E-state index >= 15 is 0 Å². The van der Waals surface area contributed by atoms with Gasteiger partial charge in [0.2, 0.25) is 5.91 Å². The van der Waals surface area contributed by atoms with Crippen molar-refractivity contribution in [3.05, 3.63) is 64.2 Å². The quantitative estimate of drug-likeness (QED) is 0.855. The lowest BCUT2D eigenvalue weighted by molar-refractivity contribution is -0.117. The first-order valence-corrected chi connectivity index (χ1v) is 7.68. The van der Waals surface area contributed by atoms with Crippen molar-refractivity contribution in [1.82, 2.24) is 0 Å². The van der Waals surface area contributed by atoms with Gasteiger partial charge in [0.15, 0.2) is 0 Å². The minimum absolute atomic E-state index is 0.0617. The smallest absolute Gasteiger partial charge is 0.231 e. The second-order valence-corrected chi connectivity index (χ2v) is 5.95. The number of fused-ring (bicyclic) bond motifs is 1. The molecule has 0 aromatic heterocycles. The number of rotatable bonds is 2. The molecule has 3 heteroatoms. The van der Waals surface area contributed by atoms with E-state index in [0.29, 0.717) is 5.02 Å². The van der Waals surface area contributed by atoms with E-state index in [4.69, 9.17) is 11.6 Å². The third-order valence-corrected chi connectivity index (χ3v) is 4.62. The highest BCUT2D eigenvalue weighted by Crippen LogP contribution is 2.33. The number of anilines is 1. The third-order valence-electron chi connectivity index (χ3n) is 4.21. The van der Waals surface area contributed by atoms with Gasteiger partial charge in [0.25, 0.3) is 0 Å². The molecule has 1 N–H and O–H groups in total. The number of carbonyl (C=O) groups is 1. The Morgan fingerprint density at radius 2 is 2.00 bits per heavy atom. The predicted molar refractivity (Wildman–Crippen MR) is 86.9 cm³/mol. The van der Waals surface area contributed by atoms with Gasteiger partial charge >= 0.3 is 0 Å². The molecule has 3 rings (SSSR count). The summed E-state index contributed by atoms with van der Waals surface area (Å²) in [5.41, 5.74) is 4.18. The Morgan fingerprint density at radius 1 is 1.19 bits per heavy atom. The van der Waals surface area contributed by atoms with Crippen LogP contribution in [-0.2, 0) is 11.2 Å². The van der Waals surface area contributed by atoms with E-state index in [-0.39, 0.29) is 11.8 Å². The van der Waals surface area contributed by atoms with Crippen molar-refractivity contribution < 1.29 is 4.79 Å². The molecule has 1 aliphatic carbocycles. The number of amides is 1. The zero-order valence-electron chi connectivity index (χ0n) is 12.0. The highest BCUT2D eigenvalue weighted by atomic mass is 35.5. The van der Waals surface area contributed by atoms with Gasteiger partial charge in [-0.3, -0.25) is 4.79 Å². The van der Waals surface area contributed by atoms with Gasteiger partial charge in [0.05, 0.1) is 5.92 Å². The number of hydrogen-bond acceptors (Lipinski definition) is 1. The molecule has 1 atom stereocenters. The number of carbonyl (C=O) groups excluding carboxylic acids is 1. The summed E-state index contributed by atoms with van der Waals surface area (Å²) < 4.78 is 0. The van der Waals surface area contributed by atoms with Crippen molar-refractivity contribution >= 4 is 23.2 Å². The van der Waals surface area contributed by atoms with Crippen LogP contribution in [0.4, 0.5) is 5.69 Å². The Bertz CT molecular complexity index is 681. The Morgan fingerprint density at radius 3 is 2.86 bits per heavy atom. The zero-order valence-corrected chi connectivity index (χ0v) is 12.8. The van der Waals surface area contributed by atoms with Crippen LogP contribution in [0.25, 0.3) is 0 Å². The molecule has 0 fully saturated rings. The molecule has 0 heterocycles. The standard InChI is InChI=1S/C18H18ClNO/c1-12-16(19)10-5-11-17(12)20-18(21)15-9-4-7-13-6-2-3-8-14(13)15/h2-3,5-6,8,10-11,15H,4,7,9H2,1H3,(H,20,21)/t15-/m0/s1. The topological polar surface area (TPSA) is 29.1 Å². The highest BCUT2D eigenvalue weighted by molar-refractivity contribution is 6.31. The van der Waals surface area contributed by atoms with Gasteiger partial charge in [0.1, 0.15) is 0 Å². The molecule has 2 aromatic carbocycles. The molecule has 1 amide bonds. The first-order chi connectivity index (χ1) is 10.2. The molecule has 0 saturated carbocycles. The molecule has 2 aromatic rings. The van der Waals surface area contributed by atoms with Crippen LogP contribution in [0.5, 0.6) is 0 Å². The third kappa shape index (κ3) is 2.81. The summed E-state index contributed by atoms with van der Waals surface area (Å²) in [6, 6.07) is 13.8. The van der Waals surface area contributed by atoms with Crippen LogP contribution in [0.3, 0.4) is 0 Å². The van der Waals surface area contributed by atoms with Gasteiger partial charge in [0, 0.05) is 10.7 Å². The van der Waals surface area contributed by atoms with E-state index in [1.807, 2.05) is 37.3 Å². The Balaban J connectivity index is 1.85. The van der Waals surface area contributed by atoms with Crippen LogP contribution < -0.4 is 5.32 Å². The monoisotopic (exact) mass is 299 g/mol. The van der Waals surface area contributed by atoms with E-state index in [1.54, 1.807) is 0 Å². The first kappa shape index (κ1) is 14.2. The second-order valence-electron chi connectivity index (χ2n) is 5.55. The van der Waals surface area contributed by atoms with Crippen molar-refractivity contribution in [2.75, 3.05) is 5.32 Å². The SMILES string of the molecule is Cc1c(Cl)cccc1NC(=O)[C@H]1CCCc2ccccc21. The summed E-state index contributed by atoms with van der Waals surface area (Å²) in [5, 5.41) is 3.72. The van der Waals surface area contributed by atoms with Gasteiger partial charge in [-0.05, 0) is 55.0 Å². The fourth-order valence-corrected chi connectivity index (χ4v) is 3.16. The van der Waals surface area contributed by atoms with Crippen molar-refractivity contribution in [2.24, 2.45) is 0 Å². The lowest BCUT2D eigenvalue weighted by atomic mass is 9.82. The van der Waals surface area contributed by atoms with Crippen LogP contribution in [-0.4, -0.2) is 5.91 Å². The highest BCUT2D eigenvalue weighted by Gasteiger charge is 2.26. The summed E-state index contributed by atoms with van der Waals surface area (Å²) in [5.74, 6) is 0.000785. The zero-order chi connectivity index (χ0) is 14.8. The van der Waals surface area contributed by atoms with Gasteiger partial charge < -0.3 is 5.32 Å². The molecule has 0 spiro atoms. The minimum atomic E-state index is -0.0617. The summed E-state index contributed by atoms with van der Waals surface area (Å²) in [6.45, 7) is 1.92. The Labute approximate surface area is 130 Å². The van der Waals surface area contributed by atoms with Crippen molar-refractivity contribution in [3.8, 4) is 0 Å². The average Bonchev–Trinajstić information content (AvgIpc) is 2.51. The normalized spacial score (nSPS) is 17.1. The maximum absolute atomic E-state index is 12.6. The van der Waals surface area contributed by atoms with Crippen LogP contribution in [0.15, 0.2) is 42.5 Å². The molecule has 0 unspecified atom stereocenters. The van der Waals surface area contributed by atoms with E-state index in [0.717, 1.165) is 30.5 Å². The van der Waals surface area contributed by atoms with Crippen molar-refractivity contribution in [1.29, 1.82) is 0 Å². The summed E-state index contributed by atoms with van der Waals surface area (Å²) >= 11 is 6.11. The van der Waals surface area contributed by atoms with E-state index in [1.165, 1.54) is 11.1 Å². The number of halogens is 1. The minimum Gasteiger partial charge on any atom is -0.325 e. The van der Waals surface area contributed by atoms with Gasteiger partial charge in [-0.25, -0.2) is 0 Å². The van der Waals surface area contributed by atoms with E-state index in [2.05, 4.69) is 17.4 Å². The predicted octanol–water partition coefficient (Wildman–Crippen LogP) is 4.71. The average molecular weight is 300 g/mol. The molecule has 1 aliphatic rings. The van der Waals surface area contributed by atoms with Gasteiger partial charge in [-0.15, -0.1) is 0 Å². The van der Waals surface area contributed by atoms with E-state index < -0.39 is 0 Å². The maximum Gasteiger partial charge on any atom is 0.231 e. The molecular weight excluding hydrogens is 282 g/mol. The molecule has 0 radical (unpaired) electrons. The lowest BCUT2D eigenvalue weighted by Crippen LogP contribution is -2.25. The van der Waals surface area contributed by atoms with Gasteiger partial charge in [-0.2, -0.15) is 0 Å². The first-order valence-electron chi connectivity index (χ1n) is 7.30. The van der Waals surface area contributed by atoms with Gasteiger partial charge in [-0.1, -0.05) is 41.9 Å². The summed E-state index contributed by atoms with van der Waals surface area (Å²) in [4.78, 5) is 12.6. The van der Waals surface area contributed by atoms with Crippen molar-refractivity contribution in [3.63, 3.8) is 0 Å². The van der Waals surface area contributed by atoms with Crippen LogP contribution in [0.1, 0.15) is 35.4 Å². The van der Waals surface area contributed by atoms with Crippen LogP contribution in [0.2, 0.25) is 5.02 Å². The summed E-state index contributed by atoms with van der Waals surface area (Å²) in [6.07, 6.45) is 3.03. The Hall–Kier alpha value is -1.80. The van der Waals surface area contributed by atoms with Crippen molar-refractivity contribution in [2.45, 2.75) is 32.1 Å². The van der Waals surface area contributed by atoms with Crippen LogP contribution >= 0.6 is 11.6 Å². The lowest BCUT2D eigenvalue weighted by Gasteiger charge is -2.25. The summed E-state index contributed by atoms with van der Waals surface area (Å²) in [7, 11) is 0.